The van der Waals surface area contributed by atoms with Crippen molar-refractivity contribution < 1.29 is 0 Å². The lowest BCUT2D eigenvalue weighted by Gasteiger charge is -2.35. The van der Waals surface area contributed by atoms with Crippen LogP contribution in [0.15, 0.2) is 65.5 Å². The third-order valence-corrected chi connectivity index (χ3v) is 6.69. The molecule has 0 amide bonds. The number of aromatic nitrogens is 1. The summed E-state index contributed by atoms with van der Waals surface area (Å²) >= 11 is 0. The molecule has 1 aromatic heterocycles. The molecule has 0 spiro atoms. The number of nitriles is 1. The number of nitrogens with zero attached hydrogens (tertiary/aromatic N) is 3. The fraction of sp³-hybridized carbons (Fsp3) is 0.259. The van der Waals surface area contributed by atoms with Crippen LogP contribution in [0.25, 0.3) is 21.7 Å². The summed E-state index contributed by atoms with van der Waals surface area (Å²) in [7, 11) is 1.74. The highest BCUT2D eigenvalue weighted by molar-refractivity contribution is 5.95. The summed E-state index contributed by atoms with van der Waals surface area (Å²) in [4.78, 5) is 15.1. The quantitative estimate of drug-likeness (QED) is 0.456. The molecule has 1 aliphatic rings. The Kier molecular flexibility index (Phi) is 4.75. The minimum atomic E-state index is -0.219. The van der Waals surface area contributed by atoms with Crippen molar-refractivity contribution in [3.05, 3.63) is 87.7 Å². The minimum absolute atomic E-state index is 0.219. The van der Waals surface area contributed by atoms with Crippen LogP contribution in [-0.2, 0) is 7.05 Å². The molecule has 0 saturated carbocycles. The fourth-order valence-corrected chi connectivity index (χ4v) is 4.98. The predicted molar refractivity (Wildman–Crippen MR) is 127 cm³/mol. The molecular formula is C27H25N3O. The molecule has 3 aromatic carbocycles. The topological polar surface area (TPSA) is 49.0 Å². The van der Waals surface area contributed by atoms with Gasteiger partial charge in [0.1, 0.15) is 11.6 Å². The van der Waals surface area contributed by atoms with Crippen LogP contribution in [0.3, 0.4) is 0 Å². The second kappa shape index (κ2) is 7.59. The zero-order valence-electron chi connectivity index (χ0n) is 17.9. The van der Waals surface area contributed by atoms with E-state index in [1.165, 1.54) is 21.9 Å². The SMILES string of the molecule is Cc1ccc2cc(C3CCN(c4c(C#N)c(=O)n(C)c5ccccc45)CC3)ccc2c1. The van der Waals surface area contributed by atoms with Crippen LogP contribution in [0.2, 0.25) is 0 Å². The third kappa shape index (κ3) is 3.27. The van der Waals surface area contributed by atoms with Gasteiger partial charge in [-0.05, 0) is 48.1 Å². The number of pyridine rings is 1. The molecular weight excluding hydrogens is 382 g/mol. The van der Waals surface area contributed by atoms with E-state index in [0.717, 1.165) is 42.5 Å². The Morgan fingerprint density at radius 3 is 2.45 bits per heavy atom. The Labute approximate surface area is 182 Å². The maximum Gasteiger partial charge on any atom is 0.270 e. The van der Waals surface area contributed by atoms with Crippen molar-refractivity contribution in [2.24, 2.45) is 7.05 Å². The molecule has 154 valence electrons. The van der Waals surface area contributed by atoms with Crippen molar-refractivity contribution in [3.63, 3.8) is 0 Å². The lowest BCUT2D eigenvalue weighted by molar-refractivity contribution is 0.506. The van der Waals surface area contributed by atoms with E-state index in [1.54, 1.807) is 11.6 Å². The minimum Gasteiger partial charge on any atom is -0.370 e. The first kappa shape index (κ1) is 19.4. The zero-order valence-corrected chi connectivity index (χ0v) is 17.9. The van der Waals surface area contributed by atoms with E-state index in [1.807, 2.05) is 24.3 Å². The summed E-state index contributed by atoms with van der Waals surface area (Å²) in [5.74, 6) is 0.491. The van der Waals surface area contributed by atoms with Gasteiger partial charge in [0.15, 0.2) is 0 Å². The number of fused-ring (bicyclic) bond motifs is 2. The molecule has 4 aromatic rings. The van der Waals surface area contributed by atoms with E-state index in [4.69, 9.17) is 0 Å². The molecule has 4 nitrogen and oxygen atoms in total. The van der Waals surface area contributed by atoms with Crippen LogP contribution >= 0.6 is 0 Å². The van der Waals surface area contributed by atoms with Crippen LogP contribution in [-0.4, -0.2) is 17.7 Å². The van der Waals surface area contributed by atoms with Crippen LogP contribution in [0.4, 0.5) is 5.69 Å². The van der Waals surface area contributed by atoms with Crippen molar-refractivity contribution in [3.8, 4) is 6.07 Å². The van der Waals surface area contributed by atoms with E-state index in [-0.39, 0.29) is 11.1 Å². The molecule has 0 radical (unpaired) electrons. The van der Waals surface area contributed by atoms with Gasteiger partial charge in [0.05, 0.1) is 11.2 Å². The van der Waals surface area contributed by atoms with Gasteiger partial charge in [0.2, 0.25) is 0 Å². The van der Waals surface area contributed by atoms with Gasteiger partial charge in [-0.25, -0.2) is 0 Å². The van der Waals surface area contributed by atoms with Gasteiger partial charge in [-0.1, -0.05) is 60.2 Å². The smallest absolute Gasteiger partial charge is 0.270 e. The van der Waals surface area contributed by atoms with Crippen LogP contribution < -0.4 is 10.5 Å². The molecule has 2 heterocycles. The van der Waals surface area contributed by atoms with Crippen molar-refractivity contribution >= 4 is 27.4 Å². The van der Waals surface area contributed by atoms with Crippen molar-refractivity contribution in [2.75, 3.05) is 18.0 Å². The number of rotatable bonds is 2. The summed E-state index contributed by atoms with van der Waals surface area (Å²) in [5, 5.41) is 13.3. The normalized spacial score (nSPS) is 14.8. The van der Waals surface area contributed by atoms with Crippen molar-refractivity contribution in [2.45, 2.75) is 25.7 Å². The third-order valence-electron chi connectivity index (χ3n) is 6.69. The van der Waals surface area contributed by atoms with Crippen LogP contribution in [0.1, 0.15) is 35.4 Å². The highest BCUT2D eigenvalue weighted by Crippen LogP contribution is 2.35. The lowest BCUT2D eigenvalue weighted by Crippen LogP contribution is -2.35. The van der Waals surface area contributed by atoms with Crippen molar-refractivity contribution in [1.82, 2.24) is 4.57 Å². The largest absolute Gasteiger partial charge is 0.370 e. The predicted octanol–water partition coefficient (Wildman–Crippen LogP) is 5.26. The fourth-order valence-electron chi connectivity index (χ4n) is 4.98. The van der Waals surface area contributed by atoms with Gasteiger partial charge < -0.3 is 9.47 Å². The maximum absolute atomic E-state index is 12.8. The van der Waals surface area contributed by atoms with Gasteiger partial charge in [-0.15, -0.1) is 0 Å². The van der Waals surface area contributed by atoms with E-state index < -0.39 is 0 Å². The van der Waals surface area contributed by atoms with E-state index in [9.17, 15) is 10.1 Å². The number of hydrogen-bond acceptors (Lipinski definition) is 3. The van der Waals surface area contributed by atoms with Gasteiger partial charge in [-0.3, -0.25) is 4.79 Å². The summed E-state index contributed by atoms with van der Waals surface area (Å²) in [6, 6.07) is 23.5. The molecule has 1 aliphatic heterocycles. The Balaban J connectivity index is 1.47. The van der Waals surface area contributed by atoms with Gasteiger partial charge >= 0.3 is 0 Å². The number of anilines is 1. The molecule has 0 N–H and O–H groups in total. The van der Waals surface area contributed by atoms with Crippen LogP contribution in [0, 0.1) is 18.3 Å². The Morgan fingerprint density at radius 2 is 1.68 bits per heavy atom. The monoisotopic (exact) mass is 407 g/mol. The highest BCUT2D eigenvalue weighted by atomic mass is 16.1. The van der Waals surface area contributed by atoms with Crippen LogP contribution in [0.5, 0.6) is 0 Å². The number of piperidine rings is 1. The zero-order chi connectivity index (χ0) is 21.5. The Morgan fingerprint density at radius 1 is 0.968 bits per heavy atom. The van der Waals surface area contributed by atoms with E-state index in [2.05, 4.69) is 54.3 Å². The summed E-state index contributed by atoms with van der Waals surface area (Å²) < 4.78 is 1.58. The second-order valence-electron chi connectivity index (χ2n) is 8.59. The molecule has 0 atom stereocenters. The first-order valence-corrected chi connectivity index (χ1v) is 10.8. The first-order valence-electron chi connectivity index (χ1n) is 10.8. The number of aryl methyl sites for hydroxylation is 2. The maximum atomic E-state index is 12.8. The summed E-state index contributed by atoms with van der Waals surface area (Å²) in [6.45, 7) is 3.80. The number of hydrogen-bond donors (Lipinski definition) is 0. The average molecular weight is 408 g/mol. The summed E-state index contributed by atoms with van der Waals surface area (Å²) in [6.07, 6.45) is 2.01. The van der Waals surface area contributed by atoms with Gasteiger partial charge in [0.25, 0.3) is 5.56 Å². The molecule has 5 rings (SSSR count). The molecule has 1 fully saturated rings. The van der Waals surface area contributed by atoms with E-state index >= 15 is 0 Å². The standard InChI is InChI=1S/C27H25N3O/c1-18-7-8-22-16-21(10-9-20(22)15-18)19-11-13-30(14-12-19)26-23-5-3-4-6-25(23)29(2)27(31)24(26)17-28/h3-10,15-16,19H,11-14H2,1-2H3. The highest BCUT2D eigenvalue weighted by Gasteiger charge is 2.26. The average Bonchev–Trinajstić information content (AvgIpc) is 2.81. The molecule has 0 bridgehead atoms. The number of para-hydroxylation sites is 1. The molecule has 0 unspecified atom stereocenters. The Hall–Kier alpha value is -3.58. The molecule has 1 saturated heterocycles. The second-order valence-corrected chi connectivity index (χ2v) is 8.59. The lowest BCUT2D eigenvalue weighted by atomic mass is 9.87. The summed E-state index contributed by atoms with van der Waals surface area (Å²) in [5.41, 5.74) is 4.36. The Bertz CT molecular complexity index is 1400. The first-order chi connectivity index (χ1) is 15.1. The molecule has 31 heavy (non-hydrogen) atoms. The molecule has 0 aliphatic carbocycles. The van der Waals surface area contributed by atoms with Gasteiger partial charge in [0, 0.05) is 25.5 Å². The van der Waals surface area contributed by atoms with Crippen molar-refractivity contribution in [1.29, 1.82) is 5.26 Å². The number of benzene rings is 3. The van der Waals surface area contributed by atoms with Gasteiger partial charge in [-0.2, -0.15) is 5.26 Å². The molecule has 4 heteroatoms. The van der Waals surface area contributed by atoms with E-state index in [0.29, 0.717) is 5.92 Å².